The summed E-state index contributed by atoms with van der Waals surface area (Å²) in [5.41, 5.74) is -0.864. The van der Waals surface area contributed by atoms with Crippen LogP contribution in [0.25, 0.3) is 0 Å². The molecular weight excluding hydrogens is 264 g/mol. The van der Waals surface area contributed by atoms with E-state index in [1.807, 2.05) is 0 Å². The van der Waals surface area contributed by atoms with Crippen molar-refractivity contribution in [2.75, 3.05) is 0 Å². The zero-order chi connectivity index (χ0) is 14.8. The van der Waals surface area contributed by atoms with E-state index in [1.54, 1.807) is 18.3 Å². The minimum Gasteiger partial charge on any atom is -0.481 e. The van der Waals surface area contributed by atoms with E-state index in [0.717, 1.165) is 6.07 Å². The normalized spacial score (nSPS) is 13.8. The molecule has 0 radical (unpaired) electrons. The van der Waals surface area contributed by atoms with E-state index in [1.165, 1.54) is 19.2 Å². The highest BCUT2D eigenvalue weighted by molar-refractivity contribution is 5.81. The Balaban J connectivity index is 2.47. The molecule has 5 heteroatoms. The highest BCUT2D eigenvalue weighted by atomic mass is 19.1. The molecule has 0 fully saturated rings. The van der Waals surface area contributed by atoms with Gasteiger partial charge in [0.25, 0.3) is 0 Å². The van der Waals surface area contributed by atoms with Gasteiger partial charge in [0.1, 0.15) is 11.6 Å². The lowest BCUT2D eigenvalue weighted by atomic mass is 9.77. The van der Waals surface area contributed by atoms with Crippen LogP contribution in [-0.2, 0) is 16.6 Å². The van der Waals surface area contributed by atoms with Gasteiger partial charge in [0, 0.05) is 24.0 Å². The first kappa shape index (κ1) is 14.1. The minimum absolute atomic E-state index is 0.0461. The summed E-state index contributed by atoms with van der Waals surface area (Å²) in [5, 5.41) is 9.46. The summed E-state index contributed by atoms with van der Waals surface area (Å²) in [7, 11) is 0. The molecule has 0 aliphatic carbocycles. The first-order valence-corrected chi connectivity index (χ1v) is 6.01. The number of carbonyl (C=O) groups is 1. The van der Waals surface area contributed by atoms with E-state index in [-0.39, 0.29) is 12.0 Å². The molecule has 0 bridgehead atoms. The van der Waals surface area contributed by atoms with E-state index in [4.69, 9.17) is 0 Å². The minimum atomic E-state index is -1.49. The Morgan fingerprint density at radius 3 is 2.65 bits per heavy atom. The van der Waals surface area contributed by atoms with Crippen LogP contribution in [0.15, 0.2) is 42.7 Å². The van der Waals surface area contributed by atoms with Gasteiger partial charge in [0.15, 0.2) is 0 Å². The maximum absolute atomic E-state index is 13.9. The number of carboxylic acids is 1. The van der Waals surface area contributed by atoms with Gasteiger partial charge >= 0.3 is 5.97 Å². The average molecular weight is 277 g/mol. The van der Waals surface area contributed by atoms with Crippen molar-refractivity contribution in [1.29, 1.82) is 0 Å². The van der Waals surface area contributed by atoms with Crippen molar-refractivity contribution in [3.8, 4) is 0 Å². The van der Waals surface area contributed by atoms with Crippen LogP contribution in [0.3, 0.4) is 0 Å². The van der Waals surface area contributed by atoms with Gasteiger partial charge in [0.2, 0.25) is 0 Å². The Morgan fingerprint density at radius 1 is 1.35 bits per heavy atom. The second kappa shape index (κ2) is 5.36. The van der Waals surface area contributed by atoms with Gasteiger partial charge < -0.3 is 5.11 Å². The molecule has 0 aliphatic heterocycles. The second-order valence-corrected chi connectivity index (χ2v) is 4.80. The number of aliphatic carboxylic acids is 1. The molecule has 104 valence electrons. The summed E-state index contributed by atoms with van der Waals surface area (Å²) in [6, 6.07) is 6.33. The molecule has 0 amide bonds. The molecule has 0 spiro atoms. The third-order valence-corrected chi connectivity index (χ3v) is 3.28. The zero-order valence-corrected chi connectivity index (χ0v) is 10.8. The molecule has 1 atom stereocenters. The van der Waals surface area contributed by atoms with Gasteiger partial charge in [-0.05, 0) is 31.0 Å². The van der Waals surface area contributed by atoms with Crippen LogP contribution in [0.1, 0.15) is 18.1 Å². The molecule has 0 saturated carbocycles. The van der Waals surface area contributed by atoms with Crippen LogP contribution in [0, 0.1) is 11.6 Å². The van der Waals surface area contributed by atoms with Crippen molar-refractivity contribution in [2.45, 2.75) is 18.8 Å². The molecule has 1 aromatic heterocycles. The molecule has 1 aromatic carbocycles. The largest absolute Gasteiger partial charge is 0.481 e. The monoisotopic (exact) mass is 277 g/mol. The first-order valence-electron chi connectivity index (χ1n) is 6.01. The molecule has 0 aliphatic rings. The summed E-state index contributed by atoms with van der Waals surface area (Å²) in [6.45, 7) is 1.42. The lowest BCUT2D eigenvalue weighted by Gasteiger charge is -2.25. The van der Waals surface area contributed by atoms with Gasteiger partial charge in [0.05, 0.1) is 5.41 Å². The quantitative estimate of drug-likeness (QED) is 0.934. The van der Waals surface area contributed by atoms with Gasteiger partial charge in [-0.2, -0.15) is 0 Å². The number of pyridine rings is 1. The van der Waals surface area contributed by atoms with Gasteiger partial charge in [-0.3, -0.25) is 9.78 Å². The third-order valence-electron chi connectivity index (χ3n) is 3.28. The maximum atomic E-state index is 13.9. The number of halogens is 2. The number of carboxylic acid groups (broad SMARTS) is 1. The Morgan fingerprint density at radius 2 is 2.10 bits per heavy atom. The van der Waals surface area contributed by atoms with E-state index in [9.17, 15) is 18.7 Å². The van der Waals surface area contributed by atoms with Crippen molar-refractivity contribution in [1.82, 2.24) is 4.98 Å². The van der Waals surface area contributed by atoms with E-state index in [2.05, 4.69) is 4.98 Å². The van der Waals surface area contributed by atoms with Crippen molar-refractivity contribution < 1.29 is 18.7 Å². The molecule has 1 unspecified atom stereocenters. The fraction of sp³-hybridized carbons (Fsp3) is 0.200. The Labute approximate surface area is 114 Å². The Hall–Kier alpha value is -2.30. The SMILES string of the molecule is CC(Cc1cccnc1)(C(=O)O)c1ccc(F)cc1F. The van der Waals surface area contributed by atoms with E-state index >= 15 is 0 Å². The van der Waals surface area contributed by atoms with Crippen LogP contribution in [0.2, 0.25) is 0 Å². The van der Waals surface area contributed by atoms with Crippen LogP contribution >= 0.6 is 0 Å². The topological polar surface area (TPSA) is 50.2 Å². The van der Waals surface area contributed by atoms with Crippen molar-refractivity contribution in [3.63, 3.8) is 0 Å². The van der Waals surface area contributed by atoms with Crippen molar-refractivity contribution in [3.05, 3.63) is 65.5 Å². The maximum Gasteiger partial charge on any atom is 0.314 e. The van der Waals surface area contributed by atoms with Gasteiger partial charge in [-0.15, -0.1) is 0 Å². The lowest BCUT2D eigenvalue weighted by molar-refractivity contribution is -0.143. The predicted molar refractivity (Wildman–Crippen MR) is 69.3 cm³/mol. The smallest absolute Gasteiger partial charge is 0.314 e. The highest BCUT2D eigenvalue weighted by Gasteiger charge is 2.37. The fourth-order valence-electron chi connectivity index (χ4n) is 2.13. The second-order valence-electron chi connectivity index (χ2n) is 4.80. The zero-order valence-electron chi connectivity index (χ0n) is 10.8. The summed E-state index contributed by atoms with van der Waals surface area (Å²) in [5.74, 6) is -2.77. The third kappa shape index (κ3) is 2.66. The number of nitrogens with zero attached hydrogens (tertiary/aromatic N) is 1. The lowest BCUT2D eigenvalue weighted by Crippen LogP contribution is -2.36. The number of rotatable bonds is 4. The Bertz CT molecular complexity index is 631. The summed E-state index contributed by atoms with van der Waals surface area (Å²) in [4.78, 5) is 15.5. The van der Waals surface area contributed by atoms with Crippen LogP contribution in [0.4, 0.5) is 8.78 Å². The van der Waals surface area contributed by atoms with Crippen LogP contribution in [-0.4, -0.2) is 16.1 Å². The number of benzene rings is 1. The average Bonchev–Trinajstić information content (AvgIpc) is 2.39. The van der Waals surface area contributed by atoms with Gasteiger partial charge in [-0.25, -0.2) is 8.78 Å². The van der Waals surface area contributed by atoms with Crippen molar-refractivity contribution >= 4 is 5.97 Å². The van der Waals surface area contributed by atoms with Crippen LogP contribution in [0.5, 0.6) is 0 Å². The fourth-order valence-corrected chi connectivity index (χ4v) is 2.13. The van der Waals surface area contributed by atoms with Gasteiger partial charge in [-0.1, -0.05) is 12.1 Å². The van der Waals surface area contributed by atoms with Crippen LogP contribution < -0.4 is 0 Å². The molecule has 20 heavy (non-hydrogen) atoms. The summed E-state index contributed by atoms with van der Waals surface area (Å²) >= 11 is 0. The van der Waals surface area contributed by atoms with E-state index in [0.29, 0.717) is 11.6 Å². The Kier molecular flexibility index (Phi) is 3.79. The molecular formula is C15H13F2NO2. The highest BCUT2D eigenvalue weighted by Crippen LogP contribution is 2.31. The molecule has 0 saturated heterocycles. The molecule has 2 aromatic rings. The number of aromatic nitrogens is 1. The summed E-state index contributed by atoms with van der Waals surface area (Å²) < 4.78 is 26.9. The van der Waals surface area contributed by atoms with Crippen molar-refractivity contribution in [2.24, 2.45) is 0 Å². The molecule has 3 nitrogen and oxygen atoms in total. The standard InChI is InChI=1S/C15H13F2NO2/c1-15(14(19)20,8-10-3-2-6-18-9-10)12-5-4-11(16)7-13(12)17/h2-7,9H,8H2,1H3,(H,19,20). The van der Waals surface area contributed by atoms with E-state index < -0.39 is 23.0 Å². The molecule has 1 N–H and O–H groups in total. The number of hydrogen-bond donors (Lipinski definition) is 1. The first-order chi connectivity index (χ1) is 9.43. The predicted octanol–water partition coefficient (Wildman–Crippen LogP) is 2.94. The molecule has 1 heterocycles. The summed E-state index contributed by atoms with van der Waals surface area (Å²) in [6.07, 6.45) is 3.17. The number of hydrogen-bond acceptors (Lipinski definition) is 2. The molecule has 2 rings (SSSR count).